The van der Waals surface area contributed by atoms with Crippen LogP contribution < -0.4 is 5.32 Å². The van der Waals surface area contributed by atoms with E-state index < -0.39 is 12.1 Å². The third-order valence-corrected chi connectivity index (χ3v) is 12.9. The first-order valence-corrected chi connectivity index (χ1v) is 28.7. The van der Waals surface area contributed by atoms with Crippen LogP contribution in [0.25, 0.3) is 0 Å². The highest BCUT2D eigenvalue weighted by atomic mass is 16.3. The minimum Gasteiger partial charge on any atom is -0.394 e. The summed E-state index contributed by atoms with van der Waals surface area (Å²) in [6.07, 6.45) is 80.8. The molecule has 0 aromatic heterocycles. The standard InChI is InChI=1S/C61H111NO3/c1-3-5-7-9-11-13-15-17-19-21-23-25-26-27-28-29-30-31-32-33-34-35-37-38-40-42-44-46-48-50-52-54-56-60(64)59(58-63)62-61(65)57-55-53-51-49-47-45-43-41-39-36-24-22-20-18-16-14-12-10-8-6-4-2/h6,8,12,14,18,20,24,36,46,48,54,56,59-60,63-64H,3-5,7,9-11,13,15-17,19,21-23,25-35,37-45,47,49-53,55,57-58H2,1-2H3,(H,62,65)/b8-6-,14-12-,20-18-,36-24-,48-46+,56-54+. The molecule has 4 heteroatoms. The van der Waals surface area contributed by atoms with Gasteiger partial charge in [0.05, 0.1) is 18.8 Å². The number of aliphatic hydroxyl groups excluding tert-OH is 2. The predicted octanol–water partition coefficient (Wildman–Crippen LogP) is 19.0. The zero-order valence-electron chi connectivity index (χ0n) is 43.5. The maximum absolute atomic E-state index is 12.5. The third-order valence-electron chi connectivity index (χ3n) is 12.9. The molecule has 0 aliphatic heterocycles. The first-order valence-electron chi connectivity index (χ1n) is 28.7. The largest absolute Gasteiger partial charge is 0.394 e. The summed E-state index contributed by atoms with van der Waals surface area (Å²) in [4.78, 5) is 12.5. The van der Waals surface area contributed by atoms with Gasteiger partial charge in [-0.15, -0.1) is 0 Å². The van der Waals surface area contributed by atoms with Crippen LogP contribution >= 0.6 is 0 Å². The third kappa shape index (κ3) is 52.7. The summed E-state index contributed by atoms with van der Waals surface area (Å²) in [5.41, 5.74) is 0. The Morgan fingerprint density at radius 2 is 0.692 bits per heavy atom. The van der Waals surface area contributed by atoms with Crippen LogP contribution in [0.2, 0.25) is 0 Å². The zero-order chi connectivity index (χ0) is 47.0. The van der Waals surface area contributed by atoms with E-state index >= 15 is 0 Å². The number of hydrogen-bond acceptors (Lipinski definition) is 3. The van der Waals surface area contributed by atoms with Crippen molar-refractivity contribution >= 4 is 5.91 Å². The maximum Gasteiger partial charge on any atom is 0.220 e. The maximum atomic E-state index is 12.5. The van der Waals surface area contributed by atoms with Crippen molar-refractivity contribution in [3.05, 3.63) is 72.9 Å². The summed E-state index contributed by atoms with van der Waals surface area (Å²) in [5, 5.41) is 23.1. The SMILES string of the molecule is CC/C=C\C/C=C\C/C=C\C/C=C\CCCCCCCCCCC(=O)NC(CO)C(O)/C=C/CC/C=C/CCCCCCCCCCCCCCCCCCCCCCCCCCCC. The molecule has 0 spiro atoms. The van der Waals surface area contributed by atoms with E-state index in [4.69, 9.17) is 0 Å². The fourth-order valence-electron chi connectivity index (χ4n) is 8.60. The van der Waals surface area contributed by atoms with Gasteiger partial charge in [-0.2, -0.15) is 0 Å². The van der Waals surface area contributed by atoms with Gasteiger partial charge in [0, 0.05) is 6.42 Å². The molecule has 4 nitrogen and oxygen atoms in total. The quantitative estimate of drug-likeness (QED) is 0.0421. The Balaban J connectivity index is 3.53. The average molecular weight is 907 g/mol. The Labute approximate surface area is 406 Å². The van der Waals surface area contributed by atoms with E-state index in [1.807, 2.05) is 6.08 Å². The molecule has 2 unspecified atom stereocenters. The number of aliphatic hydroxyl groups is 2. The normalized spacial score (nSPS) is 13.4. The average Bonchev–Trinajstić information content (AvgIpc) is 3.31. The first-order chi connectivity index (χ1) is 32.2. The molecule has 1 amide bonds. The summed E-state index contributed by atoms with van der Waals surface area (Å²) >= 11 is 0. The number of nitrogens with one attached hydrogen (secondary N) is 1. The van der Waals surface area contributed by atoms with E-state index in [9.17, 15) is 15.0 Å². The molecule has 0 aromatic rings. The highest BCUT2D eigenvalue weighted by molar-refractivity contribution is 5.76. The highest BCUT2D eigenvalue weighted by Gasteiger charge is 2.18. The lowest BCUT2D eigenvalue weighted by atomic mass is 10.0. The molecular weight excluding hydrogens is 795 g/mol. The van der Waals surface area contributed by atoms with Gasteiger partial charge in [0.15, 0.2) is 0 Å². The first kappa shape index (κ1) is 62.8. The number of carbonyl (C=O) groups excluding carboxylic acids is 1. The summed E-state index contributed by atoms with van der Waals surface area (Å²) in [6, 6.07) is -0.649. The van der Waals surface area contributed by atoms with Crippen LogP contribution in [-0.2, 0) is 4.79 Å². The van der Waals surface area contributed by atoms with Crippen molar-refractivity contribution in [2.45, 2.75) is 302 Å². The van der Waals surface area contributed by atoms with E-state index in [0.29, 0.717) is 6.42 Å². The molecule has 0 heterocycles. The highest BCUT2D eigenvalue weighted by Crippen LogP contribution is 2.17. The second kappa shape index (κ2) is 56.2. The number of allylic oxidation sites excluding steroid dienone is 11. The Kier molecular flexibility index (Phi) is 54.3. The van der Waals surface area contributed by atoms with Gasteiger partial charge in [-0.3, -0.25) is 4.79 Å². The van der Waals surface area contributed by atoms with Gasteiger partial charge in [-0.1, -0.05) is 286 Å². The van der Waals surface area contributed by atoms with Crippen molar-refractivity contribution < 1.29 is 15.0 Å². The molecule has 0 saturated carbocycles. The summed E-state index contributed by atoms with van der Waals surface area (Å²) in [7, 11) is 0. The Morgan fingerprint density at radius 3 is 1.08 bits per heavy atom. The molecule has 2 atom stereocenters. The van der Waals surface area contributed by atoms with Crippen molar-refractivity contribution in [3.8, 4) is 0 Å². The number of carbonyl (C=O) groups is 1. The van der Waals surface area contributed by atoms with Crippen molar-refractivity contribution in [3.63, 3.8) is 0 Å². The van der Waals surface area contributed by atoms with Gasteiger partial charge in [-0.05, 0) is 70.6 Å². The summed E-state index contributed by atoms with van der Waals surface area (Å²) in [6.45, 7) is 4.20. The molecule has 3 N–H and O–H groups in total. The molecule has 378 valence electrons. The van der Waals surface area contributed by atoms with Crippen molar-refractivity contribution in [1.82, 2.24) is 5.32 Å². The van der Waals surface area contributed by atoms with Crippen LogP contribution in [0.4, 0.5) is 0 Å². The second-order valence-electron chi connectivity index (χ2n) is 19.3. The van der Waals surface area contributed by atoms with E-state index in [0.717, 1.165) is 64.2 Å². The van der Waals surface area contributed by atoms with Crippen LogP contribution in [0.3, 0.4) is 0 Å². The fraction of sp³-hybridized carbons (Fsp3) is 0.787. The van der Waals surface area contributed by atoms with Crippen molar-refractivity contribution in [1.29, 1.82) is 0 Å². The van der Waals surface area contributed by atoms with Crippen molar-refractivity contribution in [2.24, 2.45) is 0 Å². The van der Waals surface area contributed by atoms with Crippen LogP contribution in [0, 0.1) is 0 Å². The predicted molar refractivity (Wildman–Crippen MR) is 290 cm³/mol. The van der Waals surface area contributed by atoms with Gasteiger partial charge in [0.25, 0.3) is 0 Å². The van der Waals surface area contributed by atoms with E-state index in [1.165, 1.54) is 205 Å². The Bertz CT molecular complexity index is 1120. The van der Waals surface area contributed by atoms with Crippen LogP contribution in [0.15, 0.2) is 72.9 Å². The minimum atomic E-state index is -0.871. The molecule has 0 aliphatic carbocycles. The lowest BCUT2D eigenvalue weighted by Crippen LogP contribution is -2.45. The van der Waals surface area contributed by atoms with Crippen LogP contribution in [-0.4, -0.2) is 34.9 Å². The number of unbranched alkanes of at least 4 members (excludes halogenated alkanes) is 35. The molecular formula is C61H111NO3. The summed E-state index contributed by atoms with van der Waals surface area (Å²) < 4.78 is 0. The van der Waals surface area contributed by atoms with Gasteiger partial charge < -0.3 is 15.5 Å². The smallest absolute Gasteiger partial charge is 0.220 e. The van der Waals surface area contributed by atoms with Crippen molar-refractivity contribution in [2.75, 3.05) is 6.61 Å². The Hall–Kier alpha value is -2.17. The number of rotatable bonds is 52. The zero-order valence-corrected chi connectivity index (χ0v) is 43.5. The minimum absolute atomic E-state index is 0.0821. The topological polar surface area (TPSA) is 69.6 Å². The van der Waals surface area contributed by atoms with Gasteiger partial charge in [0.2, 0.25) is 5.91 Å². The molecule has 0 bridgehead atoms. The van der Waals surface area contributed by atoms with E-state index in [1.54, 1.807) is 6.08 Å². The monoisotopic (exact) mass is 906 g/mol. The fourth-order valence-corrected chi connectivity index (χ4v) is 8.60. The Morgan fingerprint density at radius 1 is 0.385 bits per heavy atom. The molecule has 0 rings (SSSR count). The molecule has 65 heavy (non-hydrogen) atoms. The van der Waals surface area contributed by atoms with Crippen LogP contribution in [0.5, 0.6) is 0 Å². The van der Waals surface area contributed by atoms with E-state index in [-0.39, 0.29) is 12.5 Å². The molecule has 0 aromatic carbocycles. The van der Waals surface area contributed by atoms with Gasteiger partial charge >= 0.3 is 0 Å². The lowest BCUT2D eigenvalue weighted by molar-refractivity contribution is -0.123. The lowest BCUT2D eigenvalue weighted by Gasteiger charge is -2.19. The number of hydrogen-bond donors (Lipinski definition) is 3. The van der Waals surface area contributed by atoms with Gasteiger partial charge in [-0.25, -0.2) is 0 Å². The molecule has 0 fully saturated rings. The molecule has 0 aliphatic rings. The van der Waals surface area contributed by atoms with E-state index in [2.05, 4.69) is 79.9 Å². The molecule has 0 saturated heterocycles. The number of amides is 1. The van der Waals surface area contributed by atoms with Crippen LogP contribution in [0.1, 0.15) is 290 Å². The summed E-state index contributed by atoms with van der Waals surface area (Å²) in [5.74, 6) is -0.0821. The second-order valence-corrected chi connectivity index (χ2v) is 19.3. The van der Waals surface area contributed by atoms with Gasteiger partial charge in [0.1, 0.15) is 0 Å². The molecule has 0 radical (unpaired) electrons.